The summed E-state index contributed by atoms with van der Waals surface area (Å²) in [6.45, 7) is 5.26. The molecular weight excluding hydrogens is 248 g/mol. The second kappa shape index (κ2) is 5.98. The van der Waals surface area contributed by atoms with Crippen LogP contribution in [-0.4, -0.2) is 21.3 Å². The minimum Gasteiger partial charge on any atom is -0.310 e. The van der Waals surface area contributed by atoms with Gasteiger partial charge in [-0.1, -0.05) is 24.6 Å². The van der Waals surface area contributed by atoms with Gasteiger partial charge in [-0.05, 0) is 26.0 Å². The van der Waals surface area contributed by atoms with Crippen LogP contribution in [0.2, 0.25) is 5.02 Å². The van der Waals surface area contributed by atoms with E-state index < -0.39 is 0 Å². The summed E-state index contributed by atoms with van der Waals surface area (Å²) in [7, 11) is 0. The van der Waals surface area contributed by atoms with E-state index in [1.54, 1.807) is 23.3 Å². The van der Waals surface area contributed by atoms with Crippen LogP contribution in [0.25, 0.3) is 5.82 Å². The van der Waals surface area contributed by atoms with Gasteiger partial charge in [0.2, 0.25) is 0 Å². The zero-order chi connectivity index (χ0) is 13.0. The molecule has 2 aromatic heterocycles. The Morgan fingerprint density at radius 1 is 1.50 bits per heavy atom. The van der Waals surface area contributed by atoms with Crippen molar-refractivity contribution in [1.82, 2.24) is 20.1 Å². The van der Waals surface area contributed by atoms with Crippen LogP contribution >= 0.6 is 11.6 Å². The molecule has 96 valence electrons. The summed E-state index contributed by atoms with van der Waals surface area (Å²) in [5, 5.41) is 8.27. The maximum absolute atomic E-state index is 5.90. The largest absolute Gasteiger partial charge is 0.310 e. The van der Waals surface area contributed by atoms with Crippen LogP contribution in [0.4, 0.5) is 0 Å². The van der Waals surface area contributed by atoms with Crippen molar-refractivity contribution < 1.29 is 0 Å². The first kappa shape index (κ1) is 13.1. The van der Waals surface area contributed by atoms with Crippen LogP contribution in [0.1, 0.15) is 31.9 Å². The molecule has 1 unspecified atom stereocenters. The van der Waals surface area contributed by atoms with Crippen molar-refractivity contribution in [3.05, 3.63) is 41.3 Å². The Kier molecular flexibility index (Phi) is 4.33. The number of rotatable bonds is 5. The van der Waals surface area contributed by atoms with E-state index >= 15 is 0 Å². The summed E-state index contributed by atoms with van der Waals surface area (Å²) in [6, 6.07) is 4.23. The van der Waals surface area contributed by atoms with Crippen LogP contribution in [0.3, 0.4) is 0 Å². The van der Waals surface area contributed by atoms with Crippen LogP contribution < -0.4 is 5.32 Å². The van der Waals surface area contributed by atoms with Gasteiger partial charge in [0.25, 0.3) is 0 Å². The second-order valence-corrected chi connectivity index (χ2v) is 4.63. The lowest BCUT2D eigenvalue weighted by Gasteiger charge is -2.16. The highest BCUT2D eigenvalue weighted by atomic mass is 35.5. The monoisotopic (exact) mass is 264 g/mol. The molecule has 0 aliphatic carbocycles. The Morgan fingerprint density at radius 3 is 3.00 bits per heavy atom. The maximum Gasteiger partial charge on any atom is 0.158 e. The van der Waals surface area contributed by atoms with Gasteiger partial charge in [-0.2, -0.15) is 5.10 Å². The highest BCUT2D eigenvalue weighted by molar-refractivity contribution is 6.30. The Hall–Kier alpha value is -1.39. The lowest BCUT2D eigenvalue weighted by molar-refractivity contribution is 0.564. The third-order valence-electron chi connectivity index (χ3n) is 2.75. The summed E-state index contributed by atoms with van der Waals surface area (Å²) in [4.78, 5) is 4.39. The van der Waals surface area contributed by atoms with Crippen molar-refractivity contribution in [3.63, 3.8) is 0 Å². The lowest BCUT2D eigenvalue weighted by Crippen LogP contribution is -2.21. The summed E-state index contributed by atoms with van der Waals surface area (Å²) in [5.41, 5.74) is 1.12. The van der Waals surface area contributed by atoms with E-state index in [9.17, 15) is 0 Å². The number of pyridine rings is 1. The van der Waals surface area contributed by atoms with Crippen molar-refractivity contribution in [2.75, 3.05) is 6.54 Å². The molecule has 0 aliphatic heterocycles. The van der Waals surface area contributed by atoms with Gasteiger partial charge in [-0.15, -0.1) is 0 Å². The first-order valence-corrected chi connectivity index (χ1v) is 6.49. The summed E-state index contributed by atoms with van der Waals surface area (Å²) >= 11 is 5.90. The fourth-order valence-electron chi connectivity index (χ4n) is 1.83. The molecular formula is C13H17ClN4. The van der Waals surface area contributed by atoms with Gasteiger partial charge in [0.05, 0.1) is 17.4 Å². The smallest absolute Gasteiger partial charge is 0.158 e. The molecule has 2 aromatic rings. The number of halogens is 1. The van der Waals surface area contributed by atoms with E-state index in [0.29, 0.717) is 5.02 Å². The van der Waals surface area contributed by atoms with Gasteiger partial charge < -0.3 is 5.32 Å². The van der Waals surface area contributed by atoms with Gasteiger partial charge in [-0.25, -0.2) is 9.67 Å². The SMILES string of the molecule is CCCNC(C)c1cccnc1-n1cc(Cl)cn1. The molecule has 0 aromatic carbocycles. The van der Waals surface area contributed by atoms with E-state index in [0.717, 1.165) is 24.3 Å². The average molecular weight is 265 g/mol. The van der Waals surface area contributed by atoms with Gasteiger partial charge in [-0.3, -0.25) is 0 Å². The minimum absolute atomic E-state index is 0.233. The molecule has 0 bridgehead atoms. The molecule has 18 heavy (non-hydrogen) atoms. The number of nitrogens with one attached hydrogen (secondary N) is 1. The second-order valence-electron chi connectivity index (χ2n) is 4.20. The molecule has 0 saturated carbocycles. The Bertz CT molecular complexity index is 509. The fraction of sp³-hybridized carbons (Fsp3) is 0.385. The van der Waals surface area contributed by atoms with Gasteiger partial charge in [0, 0.05) is 17.8 Å². The summed E-state index contributed by atoms with van der Waals surface area (Å²) in [6.07, 6.45) is 6.25. The first-order chi connectivity index (χ1) is 8.72. The van der Waals surface area contributed by atoms with Crippen LogP contribution in [-0.2, 0) is 0 Å². The van der Waals surface area contributed by atoms with Crippen molar-refractivity contribution in [2.24, 2.45) is 0 Å². The van der Waals surface area contributed by atoms with Gasteiger partial charge >= 0.3 is 0 Å². The van der Waals surface area contributed by atoms with E-state index in [-0.39, 0.29) is 6.04 Å². The third-order valence-corrected chi connectivity index (χ3v) is 2.95. The Labute approximate surface area is 112 Å². The van der Waals surface area contributed by atoms with Crippen molar-refractivity contribution in [2.45, 2.75) is 26.3 Å². The molecule has 2 heterocycles. The maximum atomic E-state index is 5.90. The molecule has 0 spiro atoms. The summed E-state index contributed by atoms with van der Waals surface area (Å²) < 4.78 is 1.71. The zero-order valence-electron chi connectivity index (χ0n) is 10.6. The summed E-state index contributed by atoms with van der Waals surface area (Å²) in [5.74, 6) is 0.820. The topological polar surface area (TPSA) is 42.7 Å². The molecule has 1 atom stereocenters. The standard InChI is InChI=1S/C13H17ClN4/c1-3-6-15-10(2)12-5-4-7-16-13(12)18-9-11(14)8-17-18/h4-5,7-10,15H,3,6H2,1-2H3. The zero-order valence-corrected chi connectivity index (χ0v) is 11.4. The molecule has 0 aliphatic rings. The van der Waals surface area contributed by atoms with Gasteiger partial charge in [0.1, 0.15) is 0 Å². The molecule has 0 radical (unpaired) electrons. The Morgan fingerprint density at radius 2 is 2.33 bits per heavy atom. The van der Waals surface area contributed by atoms with Crippen LogP contribution in [0, 0.1) is 0 Å². The number of nitrogens with zero attached hydrogens (tertiary/aromatic N) is 3. The fourth-order valence-corrected chi connectivity index (χ4v) is 1.96. The lowest BCUT2D eigenvalue weighted by atomic mass is 10.1. The molecule has 4 nitrogen and oxygen atoms in total. The van der Waals surface area contributed by atoms with E-state index in [4.69, 9.17) is 11.6 Å². The number of hydrogen-bond donors (Lipinski definition) is 1. The van der Waals surface area contributed by atoms with E-state index in [1.807, 2.05) is 6.07 Å². The molecule has 5 heteroatoms. The minimum atomic E-state index is 0.233. The molecule has 0 saturated heterocycles. The number of hydrogen-bond acceptors (Lipinski definition) is 3. The molecule has 1 N–H and O–H groups in total. The average Bonchev–Trinajstić information content (AvgIpc) is 2.82. The highest BCUT2D eigenvalue weighted by Crippen LogP contribution is 2.20. The van der Waals surface area contributed by atoms with Crippen molar-refractivity contribution in [3.8, 4) is 5.82 Å². The highest BCUT2D eigenvalue weighted by Gasteiger charge is 2.12. The molecule has 0 amide bonds. The number of aromatic nitrogens is 3. The normalized spacial score (nSPS) is 12.6. The molecule has 2 rings (SSSR count). The molecule has 0 fully saturated rings. The van der Waals surface area contributed by atoms with Crippen LogP contribution in [0.5, 0.6) is 0 Å². The van der Waals surface area contributed by atoms with Gasteiger partial charge in [0.15, 0.2) is 5.82 Å². The predicted molar refractivity (Wildman–Crippen MR) is 73.1 cm³/mol. The van der Waals surface area contributed by atoms with Crippen molar-refractivity contribution >= 4 is 11.6 Å². The Balaban J connectivity index is 2.30. The quantitative estimate of drug-likeness (QED) is 0.903. The van der Waals surface area contributed by atoms with Crippen LogP contribution in [0.15, 0.2) is 30.7 Å². The first-order valence-electron chi connectivity index (χ1n) is 6.11. The predicted octanol–water partition coefficient (Wildman–Crippen LogP) is 2.98. The van der Waals surface area contributed by atoms with E-state index in [1.165, 1.54) is 0 Å². The third kappa shape index (κ3) is 2.89. The van der Waals surface area contributed by atoms with Crippen molar-refractivity contribution in [1.29, 1.82) is 0 Å². The van der Waals surface area contributed by atoms with E-state index in [2.05, 4.69) is 35.3 Å².